The van der Waals surface area contributed by atoms with Gasteiger partial charge >= 0.3 is 6.61 Å². The van der Waals surface area contributed by atoms with Crippen LogP contribution in [-0.2, 0) is 13.1 Å². The zero-order valence-corrected chi connectivity index (χ0v) is 16.9. The Balaban J connectivity index is 1.64. The van der Waals surface area contributed by atoms with Crippen molar-refractivity contribution in [1.29, 1.82) is 0 Å². The minimum absolute atomic E-state index is 0.0847. The van der Waals surface area contributed by atoms with Crippen LogP contribution >= 0.6 is 11.6 Å². The molecule has 1 aliphatic heterocycles. The van der Waals surface area contributed by atoms with Crippen molar-refractivity contribution in [3.8, 4) is 5.75 Å². The summed E-state index contributed by atoms with van der Waals surface area (Å²) in [5, 5.41) is 7.66. The van der Waals surface area contributed by atoms with E-state index in [1.165, 1.54) is 12.1 Å². The molecule has 1 fully saturated rings. The number of halogens is 3. The Morgan fingerprint density at radius 1 is 1.31 bits per heavy atom. The predicted octanol–water partition coefficient (Wildman–Crippen LogP) is 3.21. The average molecular weight is 428 g/mol. The molecule has 0 saturated carbocycles. The van der Waals surface area contributed by atoms with Crippen LogP contribution in [0.3, 0.4) is 0 Å². The molecule has 1 saturated heterocycles. The molecule has 7 nitrogen and oxygen atoms in total. The number of nitrogens with zero attached hydrogens (tertiary/aromatic N) is 4. The number of aromatic nitrogens is 1. The summed E-state index contributed by atoms with van der Waals surface area (Å²) in [5.74, 6) is 0.818. The fourth-order valence-electron chi connectivity index (χ4n) is 3.13. The summed E-state index contributed by atoms with van der Waals surface area (Å²) in [6.07, 6.45) is 1.57. The Morgan fingerprint density at radius 3 is 2.76 bits per heavy atom. The number of piperazine rings is 1. The minimum Gasteiger partial charge on any atom is -0.434 e. The van der Waals surface area contributed by atoms with Gasteiger partial charge in [-0.3, -0.25) is 4.90 Å². The maximum atomic E-state index is 12.7. The van der Waals surface area contributed by atoms with Crippen LogP contribution in [-0.4, -0.2) is 60.3 Å². The van der Waals surface area contributed by atoms with Crippen LogP contribution < -0.4 is 10.1 Å². The van der Waals surface area contributed by atoms with Gasteiger partial charge in [-0.25, -0.2) is 4.99 Å². The fraction of sp³-hybridized carbons (Fsp3) is 0.474. The lowest BCUT2D eigenvalue weighted by Gasteiger charge is -2.36. The highest BCUT2D eigenvalue weighted by Crippen LogP contribution is 2.25. The highest BCUT2D eigenvalue weighted by atomic mass is 35.5. The molecule has 158 valence electrons. The zero-order valence-electron chi connectivity index (χ0n) is 16.2. The number of ether oxygens (including phenoxy) is 1. The molecule has 1 N–H and O–H groups in total. The number of hydrogen-bond donors (Lipinski definition) is 1. The Kier molecular flexibility index (Phi) is 7.65. The van der Waals surface area contributed by atoms with Crippen LogP contribution in [0, 0.1) is 0 Å². The molecule has 2 aromatic rings. The van der Waals surface area contributed by atoms with Crippen LogP contribution in [0.5, 0.6) is 5.75 Å². The molecule has 2 heterocycles. The third-order valence-corrected chi connectivity index (χ3v) is 4.76. The third-order valence-electron chi connectivity index (χ3n) is 4.52. The lowest BCUT2D eigenvalue weighted by Crippen LogP contribution is -2.52. The molecular formula is C19H24ClF2N5O2. The topological polar surface area (TPSA) is 66.1 Å². The molecule has 10 heteroatoms. The lowest BCUT2D eigenvalue weighted by atomic mass is 10.2. The molecule has 0 unspecified atom stereocenters. The molecule has 0 spiro atoms. The first-order valence-electron chi connectivity index (χ1n) is 9.43. The number of nitrogens with one attached hydrogen (secondary N) is 1. The van der Waals surface area contributed by atoms with Crippen molar-refractivity contribution in [1.82, 2.24) is 20.3 Å². The van der Waals surface area contributed by atoms with Gasteiger partial charge in [0, 0.05) is 55.9 Å². The molecule has 0 bridgehead atoms. The van der Waals surface area contributed by atoms with Crippen LogP contribution in [0.4, 0.5) is 8.78 Å². The van der Waals surface area contributed by atoms with E-state index in [9.17, 15) is 8.78 Å². The van der Waals surface area contributed by atoms with Gasteiger partial charge in [0.2, 0.25) is 0 Å². The molecule has 0 aliphatic carbocycles. The summed E-state index contributed by atoms with van der Waals surface area (Å²) in [6.45, 7) is 4.01. The van der Waals surface area contributed by atoms with E-state index in [1.54, 1.807) is 12.3 Å². The lowest BCUT2D eigenvalue weighted by molar-refractivity contribution is -0.0504. The Morgan fingerprint density at radius 2 is 2.10 bits per heavy atom. The van der Waals surface area contributed by atoms with Crippen LogP contribution in [0.1, 0.15) is 18.2 Å². The van der Waals surface area contributed by atoms with Crippen molar-refractivity contribution in [2.24, 2.45) is 4.99 Å². The Labute approximate surface area is 173 Å². The first-order valence-corrected chi connectivity index (χ1v) is 9.81. The number of hydrogen-bond acceptors (Lipinski definition) is 5. The van der Waals surface area contributed by atoms with Crippen molar-refractivity contribution in [3.63, 3.8) is 0 Å². The number of benzene rings is 1. The number of alkyl halides is 2. The summed E-state index contributed by atoms with van der Waals surface area (Å²) in [6, 6.07) is 6.42. The van der Waals surface area contributed by atoms with E-state index in [4.69, 9.17) is 16.1 Å². The largest absolute Gasteiger partial charge is 0.434 e. The van der Waals surface area contributed by atoms with E-state index in [2.05, 4.69) is 30.0 Å². The van der Waals surface area contributed by atoms with Crippen molar-refractivity contribution in [2.75, 3.05) is 32.7 Å². The Hall–Kier alpha value is -2.39. The van der Waals surface area contributed by atoms with Gasteiger partial charge in [-0.2, -0.15) is 8.78 Å². The van der Waals surface area contributed by atoms with Gasteiger partial charge in [0.25, 0.3) is 0 Å². The fourth-order valence-corrected chi connectivity index (χ4v) is 3.33. The van der Waals surface area contributed by atoms with Crippen LogP contribution in [0.2, 0.25) is 5.02 Å². The first kappa shape index (κ1) is 21.3. The van der Waals surface area contributed by atoms with Crippen LogP contribution in [0.25, 0.3) is 0 Å². The van der Waals surface area contributed by atoms with Crippen molar-refractivity contribution in [2.45, 2.75) is 26.6 Å². The van der Waals surface area contributed by atoms with Gasteiger partial charge in [0.1, 0.15) is 12.0 Å². The monoisotopic (exact) mass is 427 g/mol. The molecule has 29 heavy (non-hydrogen) atoms. The second kappa shape index (κ2) is 10.4. The van der Waals surface area contributed by atoms with Gasteiger partial charge < -0.3 is 19.5 Å². The Bertz CT molecular complexity index is 796. The second-order valence-corrected chi connectivity index (χ2v) is 6.99. The quantitative estimate of drug-likeness (QED) is 0.540. The van der Waals surface area contributed by atoms with E-state index < -0.39 is 6.61 Å². The van der Waals surface area contributed by atoms with Crippen molar-refractivity contribution >= 4 is 17.6 Å². The molecule has 0 radical (unpaired) electrons. The van der Waals surface area contributed by atoms with Gasteiger partial charge in [0.15, 0.2) is 5.96 Å². The molecular weight excluding hydrogens is 404 g/mol. The molecule has 1 aromatic carbocycles. The maximum Gasteiger partial charge on any atom is 0.387 e. The van der Waals surface area contributed by atoms with Crippen molar-refractivity contribution < 1.29 is 18.0 Å². The van der Waals surface area contributed by atoms with Gasteiger partial charge in [-0.1, -0.05) is 16.8 Å². The third kappa shape index (κ3) is 6.30. The summed E-state index contributed by atoms with van der Waals surface area (Å²) in [7, 11) is 0. The van der Waals surface area contributed by atoms with Gasteiger partial charge in [-0.15, -0.1) is 0 Å². The highest BCUT2D eigenvalue weighted by Gasteiger charge is 2.20. The second-order valence-electron chi connectivity index (χ2n) is 6.55. The van der Waals surface area contributed by atoms with E-state index >= 15 is 0 Å². The highest BCUT2D eigenvalue weighted by molar-refractivity contribution is 6.30. The SMILES string of the molecule is CCNC(=NCc1cc(Cl)ccc1OC(F)F)N1CCN(Cc2ccon2)CC1. The number of guanidine groups is 1. The zero-order chi connectivity index (χ0) is 20.6. The first-order chi connectivity index (χ1) is 14.0. The summed E-state index contributed by atoms with van der Waals surface area (Å²) in [5.41, 5.74) is 1.42. The number of rotatable bonds is 7. The average Bonchev–Trinajstić information content (AvgIpc) is 3.20. The number of aliphatic imine (C=N–C) groups is 1. The smallest absolute Gasteiger partial charge is 0.387 e. The van der Waals surface area contributed by atoms with Gasteiger partial charge in [-0.05, 0) is 25.1 Å². The van der Waals surface area contributed by atoms with E-state index in [1.807, 2.05) is 13.0 Å². The molecule has 1 aliphatic rings. The predicted molar refractivity (Wildman–Crippen MR) is 106 cm³/mol. The molecule has 0 amide bonds. The summed E-state index contributed by atoms with van der Waals surface area (Å²) in [4.78, 5) is 9.07. The molecule has 1 aromatic heterocycles. The molecule has 3 rings (SSSR count). The maximum absolute atomic E-state index is 12.7. The minimum atomic E-state index is -2.90. The van der Waals surface area contributed by atoms with Crippen LogP contribution in [0.15, 0.2) is 40.0 Å². The van der Waals surface area contributed by atoms with Crippen molar-refractivity contribution in [3.05, 3.63) is 46.8 Å². The molecule has 0 atom stereocenters. The summed E-state index contributed by atoms with van der Waals surface area (Å²) >= 11 is 6.02. The standard InChI is InChI=1S/C19H24ClF2N5O2/c1-2-23-19(24-12-14-11-15(20)3-4-17(14)29-18(21)22)27-8-6-26(7-9-27)13-16-5-10-28-25-16/h3-5,10-11,18H,2,6-9,12-13H2,1H3,(H,23,24). The van der Waals surface area contributed by atoms with E-state index in [0.717, 1.165) is 44.4 Å². The van der Waals surface area contributed by atoms with E-state index in [0.29, 0.717) is 17.1 Å². The van der Waals surface area contributed by atoms with E-state index in [-0.39, 0.29) is 12.3 Å². The normalized spacial score (nSPS) is 15.8. The summed E-state index contributed by atoms with van der Waals surface area (Å²) < 4.78 is 34.8. The van der Waals surface area contributed by atoms with Gasteiger partial charge in [0.05, 0.1) is 12.2 Å².